The number of hydrogen-bond donors (Lipinski definition) is 3. The SMILES string of the molecule is O=C(COc1ccc(Cl)cc1)NC(=S)Nc1ccc(I)cc1C(=O)O. The molecule has 0 atom stereocenters. The van der Waals surface area contributed by atoms with Gasteiger partial charge in [0, 0.05) is 8.59 Å². The number of halogens is 2. The summed E-state index contributed by atoms with van der Waals surface area (Å²) in [4.78, 5) is 23.1. The molecule has 0 unspecified atom stereocenters. The minimum atomic E-state index is -1.10. The van der Waals surface area contributed by atoms with Crippen LogP contribution in [0.5, 0.6) is 5.75 Å². The summed E-state index contributed by atoms with van der Waals surface area (Å²) in [6.07, 6.45) is 0. The maximum Gasteiger partial charge on any atom is 0.337 e. The number of carbonyl (C=O) groups excluding carboxylic acids is 1. The maximum atomic E-state index is 11.8. The Bertz CT molecular complexity index is 814. The molecule has 6 nitrogen and oxygen atoms in total. The molecule has 2 aromatic rings. The highest BCUT2D eigenvalue weighted by Gasteiger charge is 2.13. The van der Waals surface area contributed by atoms with Crippen molar-refractivity contribution in [3.8, 4) is 5.75 Å². The van der Waals surface area contributed by atoms with Crippen LogP contribution in [-0.4, -0.2) is 28.7 Å². The molecule has 1 amide bonds. The van der Waals surface area contributed by atoms with Gasteiger partial charge in [0.2, 0.25) is 0 Å². The summed E-state index contributed by atoms with van der Waals surface area (Å²) in [5.41, 5.74) is 0.345. The van der Waals surface area contributed by atoms with Gasteiger partial charge in [0.15, 0.2) is 11.7 Å². The molecule has 2 aromatic carbocycles. The van der Waals surface area contributed by atoms with E-state index in [1.54, 1.807) is 36.4 Å². The summed E-state index contributed by atoms with van der Waals surface area (Å²) in [6, 6.07) is 11.4. The standard InChI is InChI=1S/C16H12ClIN2O4S/c17-9-1-4-11(5-2-9)24-8-14(21)20-16(25)19-13-6-3-10(18)7-12(13)15(22)23/h1-7H,8H2,(H,22,23)(H2,19,20,21,25). The van der Waals surface area contributed by atoms with Crippen molar-refractivity contribution in [3.63, 3.8) is 0 Å². The first-order valence-electron chi connectivity index (χ1n) is 6.87. The highest BCUT2D eigenvalue weighted by Crippen LogP contribution is 2.19. The van der Waals surface area contributed by atoms with Gasteiger partial charge in [-0.15, -0.1) is 0 Å². The third-order valence-electron chi connectivity index (χ3n) is 2.90. The number of carboxylic acids is 1. The second-order valence-electron chi connectivity index (χ2n) is 4.74. The first kappa shape index (κ1) is 19.4. The lowest BCUT2D eigenvalue weighted by Crippen LogP contribution is -2.37. The molecule has 0 heterocycles. The van der Waals surface area contributed by atoms with Crippen molar-refractivity contribution >= 4 is 69.1 Å². The highest BCUT2D eigenvalue weighted by atomic mass is 127. The number of hydrogen-bond acceptors (Lipinski definition) is 4. The lowest BCUT2D eigenvalue weighted by atomic mass is 10.2. The van der Waals surface area contributed by atoms with Crippen molar-refractivity contribution in [1.29, 1.82) is 0 Å². The van der Waals surface area contributed by atoms with Crippen LogP contribution < -0.4 is 15.4 Å². The normalized spacial score (nSPS) is 10.0. The summed E-state index contributed by atoms with van der Waals surface area (Å²) in [5, 5.41) is 14.9. The van der Waals surface area contributed by atoms with Crippen LogP contribution in [0.15, 0.2) is 42.5 Å². The molecule has 0 aliphatic carbocycles. The molecule has 0 radical (unpaired) electrons. The van der Waals surface area contributed by atoms with Gasteiger partial charge in [0.05, 0.1) is 11.3 Å². The van der Waals surface area contributed by atoms with Crippen LogP contribution in [-0.2, 0) is 4.79 Å². The Balaban J connectivity index is 1.90. The Labute approximate surface area is 167 Å². The molecule has 0 aromatic heterocycles. The van der Waals surface area contributed by atoms with Crippen LogP contribution >= 0.6 is 46.4 Å². The van der Waals surface area contributed by atoms with Crippen LogP contribution in [0.3, 0.4) is 0 Å². The molecule has 130 valence electrons. The molecule has 0 spiro atoms. The average Bonchev–Trinajstić information content (AvgIpc) is 2.55. The van der Waals surface area contributed by atoms with Gasteiger partial charge in [0.25, 0.3) is 5.91 Å². The van der Waals surface area contributed by atoms with Crippen LogP contribution in [0.4, 0.5) is 5.69 Å². The molecule has 25 heavy (non-hydrogen) atoms. The smallest absolute Gasteiger partial charge is 0.337 e. The molecule has 9 heteroatoms. The number of nitrogens with one attached hydrogen (secondary N) is 2. The van der Waals surface area contributed by atoms with Crippen LogP contribution in [0.2, 0.25) is 5.02 Å². The second kappa shape index (κ2) is 8.97. The zero-order chi connectivity index (χ0) is 18.4. The summed E-state index contributed by atoms with van der Waals surface area (Å²) in [5.74, 6) is -1.08. The zero-order valence-corrected chi connectivity index (χ0v) is 16.3. The van der Waals surface area contributed by atoms with Gasteiger partial charge < -0.3 is 15.2 Å². The average molecular weight is 491 g/mol. The van der Waals surface area contributed by atoms with Gasteiger partial charge >= 0.3 is 5.97 Å². The van der Waals surface area contributed by atoms with Crippen molar-refractivity contribution in [3.05, 3.63) is 56.6 Å². The molecule has 0 aliphatic heterocycles. The predicted molar refractivity (Wildman–Crippen MR) is 107 cm³/mol. The van der Waals surface area contributed by atoms with Crippen LogP contribution in [0.1, 0.15) is 10.4 Å². The number of rotatable bonds is 5. The van der Waals surface area contributed by atoms with Gasteiger partial charge in [-0.1, -0.05) is 11.6 Å². The molecular formula is C16H12ClIN2O4S. The summed E-state index contributed by atoms with van der Waals surface area (Å²) in [6.45, 7) is -0.248. The van der Waals surface area contributed by atoms with Gasteiger partial charge in [-0.05, 0) is 77.3 Å². The Morgan fingerprint density at radius 1 is 1.20 bits per heavy atom. The van der Waals surface area contributed by atoms with Gasteiger partial charge in [-0.3, -0.25) is 10.1 Å². The number of aromatic carboxylic acids is 1. The van der Waals surface area contributed by atoms with E-state index in [4.69, 9.17) is 28.6 Å². The lowest BCUT2D eigenvalue weighted by molar-refractivity contribution is -0.121. The number of thiocarbonyl (C=S) groups is 1. The Hall–Kier alpha value is -1.91. The highest BCUT2D eigenvalue weighted by molar-refractivity contribution is 14.1. The third kappa shape index (κ3) is 6.15. The van der Waals surface area contributed by atoms with Crippen molar-refractivity contribution in [2.45, 2.75) is 0 Å². The Kier molecular flexibility index (Phi) is 6.97. The molecule has 0 aliphatic rings. The lowest BCUT2D eigenvalue weighted by Gasteiger charge is -2.12. The van der Waals surface area contributed by atoms with E-state index in [1.807, 2.05) is 22.6 Å². The molecule has 2 rings (SSSR count). The van der Waals surface area contributed by atoms with Crippen molar-refractivity contribution in [2.75, 3.05) is 11.9 Å². The Morgan fingerprint density at radius 3 is 2.52 bits per heavy atom. The van der Waals surface area contributed by atoms with Gasteiger partial charge in [-0.25, -0.2) is 4.79 Å². The van der Waals surface area contributed by atoms with E-state index in [1.165, 1.54) is 6.07 Å². The fourth-order valence-corrected chi connectivity index (χ4v) is 2.64. The third-order valence-corrected chi connectivity index (χ3v) is 4.02. The molecule has 3 N–H and O–H groups in total. The number of carboxylic acid groups (broad SMARTS) is 1. The van der Waals surface area contributed by atoms with Crippen molar-refractivity contribution < 1.29 is 19.4 Å². The largest absolute Gasteiger partial charge is 0.484 e. The van der Waals surface area contributed by atoms with Crippen molar-refractivity contribution in [2.24, 2.45) is 0 Å². The molecular weight excluding hydrogens is 479 g/mol. The zero-order valence-electron chi connectivity index (χ0n) is 12.6. The predicted octanol–water partition coefficient (Wildman–Crippen LogP) is 3.53. The molecule has 0 saturated heterocycles. The fourth-order valence-electron chi connectivity index (χ4n) is 1.80. The molecule has 0 bridgehead atoms. The van der Waals surface area contributed by atoms with E-state index in [2.05, 4.69) is 10.6 Å². The quantitative estimate of drug-likeness (QED) is 0.439. The summed E-state index contributed by atoms with van der Waals surface area (Å²) in [7, 11) is 0. The van der Waals surface area contributed by atoms with Gasteiger partial charge in [0.1, 0.15) is 5.75 Å². The number of carbonyl (C=O) groups is 2. The van der Waals surface area contributed by atoms with Crippen LogP contribution in [0, 0.1) is 3.57 Å². The van der Waals surface area contributed by atoms with Gasteiger partial charge in [-0.2, -0.15) is 0 Å². The van der Waals surface area contributed by atoms with E-state index < -0.39 is 11.9 Å². The molecule has 0 saturated carbocycles. The van der Waals surface area contributed by atoms with Crippen LogP contribution in [0.25, 0.3) is 0 Å². The summed E-state index contributed by atoms with van der Waals surface area (Å²) < 4.78 is 6.07. The topological polar surface area (TPSA) is 87.7 Å². The summed E-state index contributed by atoms with van der Waals surface area (Å²) >= 11 is 12.8. The van der Waals surface area contributed by atoms with E-state index in [0.29, 0.717) is 10.8 Å². The number of anilines is 1. The fraction of sp³-hybridized carbons (Fsp3) is 0.0625. The first-order valence-corrected chi connectivity index (χ1v) is 8.73. The van der Waals surface area contributed by atoms with E-state index in [9.17, 15) is 14.7 Å². The number of ether oxygens (including phenoxy) is 1. The van der Waals surface area contributed by atoms with E-state index in [0.717, 1.165) is 3.57 Å². The Morgan fingerprint density at radius 2 is 1.88 bits per heavy atom. The minimum absolute atomic E-state index is 0.0200. The van der Waals surface area contributed by atoms with E-state index >= 15 is 0 Å². The van der Waals surface area contributed by atoms with Crippen molar-refractivity contribution in [1.82, 2.24) is 5.32 Å². The molecule has 0 fully saturated rings. The second-order valence-corrected chi connectivity index (χ2v) is 6.83. The number of amides is 1. The maximum absolute atomic E-state index is 11.8. The monoisotopic (exact) mass is 490 g/mol. The number of benzene rings is 2. The van der Waals surface area contributed by atoms with E-state index in [-0.39, 0.29) is 23.0 Å². The minimum Gasteiger partial charge on any atom is -0.484 e. The first-order chi connectivity index (χ1) is 11.8.